The Morgan fingerprint density at radius 2 is 2.04 bits per heavy atom. The summed E-state index contributed by atoms with van der Waals surface area (Å²) in [5.41, 5.74) is 2.65. The Morgan fingerprint density at radius 3 is 2.88 bits per heavy atom. The highest BCUT2D eigenvalue weighted by atomic mass is 32.1. The van der Waals surface area contributed by atoms with Crippen molar-refractivity contribution in [1.29, 1.82) is 0 Å². The first kappa shape index (κ1) is 15.0. The van der Waals surface area contributed by atoms with Crippen LogP contribution in [-0.4, -0.2) is 34.1 Å². The normalized spacial score (nSPS) is 11.4. The number of nitrogens with one attached hydrogen (secondary N) is 1. The molecule has 5 aromatic heterocycles. The predicted octanol–water partition coefficient (Wildman–Crippen LogP) is 2.75. The molecule has 0 amide bonds. The van der Waals surface area contributed by atoms with E-state index < -0.39 is 0 Å². The van der Waals surface area contributed by atoms with Crippen molar-refractivity contribution in [2.75, 3.05) is 5.32 Å². The second-order valence-corrected chi connectivity index (χ2v) is 6.69. The van der Waals surface area contributed by atoms with Gasteiger partial charge in [-0.3, -0.25) is 14.1 Å². The van der Waals surface area contributed by atoms with Gasteiger partial charge < -0.3 is 5.32 Å². The van der Waals surface area contributed by atoms with Crippen LogP contribution in [0.1, 0.15) is 5.69 Å². The summed E-state index contributed by atoms with van der Waals surface area (Å²) in [6.45, 7) is 0.575. The molecule has 9 heteroatoms. The fourth-order valence-electron chi connectivity index (χ4n) is 2.82. The van der Waals surface area contributed by atoms with Crippen LogP contribution in [0.25, 0.3) is 27.4 Å². The number of fused-ring (bicyclic) bond motifs is 2. The molecule has 128 valence electrons. The van der Waals surface area contributed by atoms with Gasteiger partial charge >= 0.3 is 0 Å². The Kier molecular flexibility index (Phi) is 3.39. The molecule has 26 heavy (non-hydrogen) atoms. The van der Waals surface area contributed by atoms with Gasteiger partial charge in [-0.05, 0) is 12.1 Å². The van der Waals surface area contributed by atoms with E-state index in [-0.39, 0.29) is 0 Å². The molecule has 0 fully saturated rings. The minimum atomic E-state index is 0.575. The van der Waals surface area contributed by atoms with E-state index in [4.69, 9.17) is 4.98 Å². The number of nitrogens with zero attached hydrogens (tertiary/aromatic N) is 7. The monoisotopic (exact) mass is 362 g/mol. The second-order valence-electron chi connectivity index (χ2n) is 5.82. The largest absolute Gasteiger partial charge is 0.364 e. The van der Waals surface area contributed by atoms with Crippen LogP contribution in [0.15, 0.2) is 48.5 Å². The average molecular weight is 362 g/mol. The minimum absolute atomic E-state index is 0.575. The van der Waals surface area contributed by atoms with Gasteiger partial charge in [0, 0.05) is 42.8 Å². The summed E-state index contributed by atoms with van der Waals surface area (Å²) in [5, 5.41) is 10.6. The number of hydrogen-bond acceptors (Lipinski definition) is 7. The van der Waals surface area contributed by atoms with Crippen LogP contribution in [0.5, 0.6) is 0 Å². The van der Waals surface area contributed by atoms with Crippen molar-refractivity contribution in [3.8, 4) is 11.4 Å². The van der Waals surface area contributed by atoms with Gasteiger partial charge in [0.25, 0.3) is 0 Å². The van der Waals surface area contributed by atoms with E-state index in [1.807, 2.05) is 41.4 Å². The van der Waals surface area contributed by atoms with Gasteiger partial charge in [0.2, 0.25) is 0 Å². The Labute approximate surface area is 152 Å². The Morgan fingerprint density at radius 1 is 1.15 bits per heavy atom. The first-order chi connectivity index (χ1) is 12.8. The zero-order valence-electron chi connectivity index (χ0n) is 13.9. The SMILES string of the molecule is Cn1ncc2c(NCc3cn4ccsc4n3)nc(-c3ccncc3)nc21. The van der Waals surface area contributed by atoms with Crippen LogP contribution in [0.4, 0.5) is 5.82 Å². The van der Waals surface area contributed by atoms with E-state index in [1.54, 1.807) is 34.6 Å². The number of aryl methyl sites for hydroxylation is 1. The molecule has 0 aliphatic rings. The van der Waals surface area contributed by atoms with E-state index in [2.05, 4.69) is 25.4 Å². The molecule has 0 saturated heterocycles. The van der Waals surface area contributed by atoms with Crippen molar-refractivity contribution in [2.24, 2.45) is 7.05 Å². The quantitative estimate of drug-likeness (QED) is 0.529. The Bertz CT molecular complexity index is 1180. The fraction of sp³-hybridized carbons (Fsp3) is 0.118. The van der Waals surface area contributed by atoms with Crippen LogP contribution >= 0.6 is 11.3 Å². The van der Waals surface area contributed by atoms with Crippen LogP contribution in [0, 0.1) is 0 Å². The molecule has 5 aromatic rings. The topological polar surface area (TPSA) is 85.8 Å². The number of anilines is 1. The van der Waals surface area contributed by atoms with Crippen molar-refractivity contribution in [1.82, 2.24) is 34.1 Å². The van der Waals surface area contributed by atoms with Gasteiger partial charge in [0.1, 0.15) is 5.82 Å². The lowest BCUT2D eigenvalue weighted by atomic mass is 10.2. The molecule has 0 spiro atoms. The minimum Gasteiger partial charge on any atom is -0.364 e. The molecule has 8 nitrogen and oxygen atoms in total. The highest BCUT2D eigenvalue weighted by molar-refractivity contribution is 7.15. The summed E-state index contributed by atoms with van der Waals surface area (Å²) >= 11 is 1.61. The summed E-state index contributed by atoms with van der Waals surface area (Å²) < 4.78 is 3.77. The third kappa shape index (κ3) is 2.49. The maximum atomic E-state index is 4.71. The lowest BCUT2D eigenvalue weighted by Crippen LogP contribution is -2.05. The van der Waals surface area contributed by atoms with E-state index >= 15 is 0 Å². The Balaban J connectivity index is 1.54. The summed E-state index contributed by atoms with van der Waals surface area (Å²) in [5.74, 6) is 1.38. The molecule has 0 aromatic carbocycles. The number of aromatic nitrogens is 7. The van der Waals surface area contributed by atoms with E-state index in [9.17, 15) is 0 Å². The molecular formula is C17H14N8S. The van der Waals surface area contributed by atoms with Crippen molar-refractivity contribution in [3.63, 3.8) is 0 Å². The number of hydrogen-bond donors (Lipinski definition) is 1. The van der Waals surface area contributed by atoms with E-state index in [0.29, 0.717) is 12.4 Å². The van der Waals surface area contributed by atoms with Crippen molar-refractivity contribution in [3.05, 3.63) is 54.2 Å². The number of rotatable bonds is 4. The molecule has 5 rings (SSSR count). The highest BCUT2D eigenvalue weighted by Gasteiger charge is 2.13. The molecule has 0 unspecified atom stereocenters. The van der Waals surface area contributed by atoms with Gasteiger partial charge in [-0.15, -0.1) is 11.3 Å². The highest BCUT2D eigenvalue weighted by Crippen LogP contribution is 2.24. The van der Waals surface area contributed by atoms with Crippen LogP contribution in [0.2, 0.25) is 0 Å². The molecule has 0 radical (unpaired) electrons. The lowest BCUT2D eigenvalue weighted by Gasteiger charge is -2.08. The smallest absolute Gasteiger partial charge is 0.193 e. The molecular weight excluding hydrogens is 348 g/mol. The van der Waals surface area contributed by atoms with Crippen LogP contribution in [-0.2, 0) is 13.6 Å². The van der Waals surface area contributed by atoms with Gasteiger partial charge in [-0.25, -0.2) is 15.0 Å². The number of imidazole rings is 1. The second kappa shape index (κ2) is 5.88. The summed E-state index contributed by atoms with van der Waals surface area (Å²) in [7, 11) is 1.87. The zero-order valence-corrected chi connectivity index (χ0v) is 14.7. The third-order valence-corrected chi connectivity index (χ3v) is 4.88. The molecule has 0 aliphatic carbocycles. The molecule has 0 saturated carbocycles. The summed E-state index contributed by atoms with van der Waals surface area (Å²) in [6.07, 6.45) is 9.26. The first-order valence-corrected chi connectivity index (χ1v) is 8.91. The average Bonchev–Trinajstić information content (AvgIpc) is 3.36. The lowest BCUT2D eigenvalue weighted by molar-refractivity contribution is 0.786. The molecule has 0 bridgehead atoms. The maximum absolute atomic E-state index is 4.71. The van der Waals surface area contributed by atoms with E-state index in [0.717, 1.165) is 33.1 Å². The third-order valence-electron chi connectivity index (χ3n) is 4.11. The molecule has 5 heterocycles. The van der Waals surface area contributed by atoms with Crippen molar-refractivity contribution < 1.29 is 0 Å². The van der Waals surface area contributed by atoms with Crippen molar-refractivity contribution in [2.45, 2.75) is 6.54 Å². The first-order valence-electron chi connectivity index (χ1n) is 8.03. The van der Waals surface area contributed by atoms with Gasteiger partial charge in [0.15, 0.2) is 16.4 Å². The Hall–Kier alpha value is -3.33. The predicted molar refractivity (Wildman–Crippen MR) is 99.9 cm³/mol. The summed E-state index contributed by atoms with van der Waals surface area (Å²) in [4.78, 5) is 19.0. The number of thiazole rings is 1. The molecule has 0 aliphatic heterocycles. The molecule has 0 atom stereocenters. The van der Waals surface area contributed by atoms with Crippen molar-refractivity contribution >= 4 is 33.1 Å². The maximum Gasteiger partial charge on any atom is 0.193 e. The van der Waals surface area contributed by atoms with Crippen LogP contribution in [0.3, 0.4) is 0 Å². The molecule has 1 N–H and O–H groups in total. The van der Waals surface area contributed by atoms with Crippen LogP contribution < -0.4 is 5.32 Å². The van der Waals surface area contributed by atoms with Gasteiger partial charge in [0.05, 0.1) is 23.8 Å². The number of pyridine rings is 1. The van der Waals surface area contributed by atoms with E-state index in [1.165, 1.54) is 0 Å². The zero-order chi connectivity index (χ0) is 17.5. The summed E-state index contributed by atoms with van der Waals surface area (Å²) in [6, 6.07) is 3.79. The fourth-order valence-corrected chi connectivity index (χ4v) is 3.54. The standard InChI is InChI=1S/C17H14N8S/c1-24-16-13(9-20-24)15(22-14(23-16)11-2-4-18-5-3-11)19-8-12-10-25-6-7-26-17(25)21-12/h2-7,9-10H,8H2,1H3,(H,19,22,23). The van der Waals surface area contributed by atoms with Gasteiger partial charge in [-0.2, -0.15) is 5.10 Å². The van der Waals surface area contributed by atoms with Gasteiger partial charge in [-0.1, -0.05) is 0 Å².